The van der Waals surface area contributed by atoms with Crippen molar-refractivity contribution in [3.63, 3.8) is 0 Å². The highest BCUT2D eigenvalue weighted by atomic mass is 16.6. The Balaban J connectivity index is 2.72. The first-order valence-corrected chi connectivity index (χ1v) is 8.27. The van der Waals surface area contributed by atoms with Crippen molar-refractivity contribution in [2.75, 3.05) is 14.2 Å². The van der Waals surface area contributed by atoms with Crippen LogP contribution in [0.5, 0.6) is 11.5 Å². The first kappa shape index (κ1) is 18.8. The Morgan fingerprint density at radius 2 is 1.56 bits per heavy atom. The molecular weight excluding hydrogens is 318 g/mol. The maximum Gasteiger partial charge on any atom is 0.276 e. The minimum absolute atomic E-state index is 0.00399. The van der Waals surface area contributed by atoms with E-state index >= 15 is 0 Å². The molecule has 2 rings (SSSR count). The lowest BCUT2D eigenvalue weighted by molar-refractivity contribution is -0.385. The molecule has 0 aromatic heterocycles. The number of ether oxygens (including phenoxy) is 2. The summed E-state index contributed by atoms with van der Waals surface area (Å²) in [6, 6.07) is 9.47. The molecule has 134 valence electrons. The number of benzene rings is 2. The summed E-state index contributed by atoms with van der Waals surface area (Å²) in [7, 11) is 3.20. The Kier molecular flexibility index (Phi) is 5.67. The summed E-state index contributed by atoms with van der Waals surface area (Å²) in [4.78, 5) is 10.9. The maximum absolute atomic E-state index is 11.3. The highest BCUT2D eigenvalue weighted by Gasteiger charge is 2.27. The molecule has 0 aliphatic rings. The third-order valence-corrected chi connectivity index (χ3v) is 4.47. The van der Waals surface area contributed by atoms with Gasteiger partial charge in [0, 0.05) is 22.6 Å². The van der Waals surface area contributed by atoms with E-state index in [1.54, 1.807) is 21.1 Å². The average molecular weight is 343 g/mol. The van der Waals surface area contributed by atoms with E-state index in [2.05, 4.69) is 19.9 Å². The third-order valence-electron chi connectivity index (χ3n) is 4.47. The molecule has 0 amide bonds. The Hall–Kier alpha value is -2.56. The molecule has 5 nitrogen and oxygen atoms in total. The molecule has 0 spiro atoms. The van der Waals surface area contributed by atoms with Crippen molar-refractivity contribution in [2.45, 2.75) is 33.6 Å². The predicted octanol–water partition coefficient (Wildman–Crippen LogP) is 5.02. The van der Waals surface area contributed by atoms with Crippen LogP contribution in [0.15, 0.2) is 30.3 Å². The summed E-state index contributed by atoms with van der Waals surface area (Å²) in [5.41, 5.74) is 3.82. The molecule has 0 saturated carbocycles. The van der Waals surface area contributed by atoms with Crippen LogP contribution in [0.3, 0.4) is 0 Å². The molecular formula is C20H25NO4. The summed E-state index contributed by atoms with van der Waals surface area (Å²) in [6.07, 6.45) is 0. The standard InChI is InChI=1S/C20H25NO4/c1-12(2)20(15-9-13(3)7-8-18(15)24-5)16-10-14(4)17(21(22)23)11-19(16)25-6/h7-12,20H,1-6H3. The quantitative estimate of drug-likeness (QED) is 0.546. The molecule has 0 radical (unpaired) electrons. The van der Waals surface area contributed by atoms with Crippen LogP contribution in [0.2, 0.25) is 0 Å². The highest BCUT2D eigenvalue weighted by molar-refractivity contribution is 5.55. The van der Waals surface area contributed by atoms with Crippen molar-refractivity contribution in [3.05, 3.63) is 62.7 Å². The average Bonchev–Trinajstić information content (AvgIpc) is 2.55. The molecule has 0 bridgehead atoms. The van der Waals surface area contributed by atoms with E-state index < -0.39 is 0 Å². The largest absolute Gasteiger partial charge is 0.496 e. The second-order valence-electron chi connectivity index (χ2n) is 6.60. The third kappa shape index (κ3) is 3.76. The van der Waals surface area contributed by atoms with Crippen LogP contribution in [0.1, 0.15) is 42.0 Å². The zero-order valence-corrected chi connectivity index (χ0v) is 15.6. The van der Waals surface area contributed by atoms with E-state index in [1.807, 2.05) is 25.1 Å². The van der Waals surface area contributed by atoms with Crippen LogP contribution in [0, 0.1) is 29.9 Å². The lowest BCUT2D eigenvalue weighted by Gasteiger charge is -2.26. The Morgan fingerprint density at radius 1 is 0.960 bits per heavy atom. The van der Waals surface area contributed by atoms with Gasteiger partial charge in [-0.15, -0.1) is 0 Å². The molecule has 0 N–H and O–H groups in total. The Bertz CT molecular complexity index is 784. The fourth-order valence-electron chi connectivity index (χ4n) is 3.30. The van der Waals surface area contributed by atoms with E-state index in [-0.39, 0.29) is 22.4 Å². The van der Waals surface area contributed by atoms with Crippen LogP contribution < -0.4 is 9.47 Å². The minimum atomic E-state index is -0.376. The van der Waals surface area contributed by atoms with Crippen molar-refractivity contribution < 1.29 is 14.4 Å². The second kappa shape index (κ2) is 7.55. The predicted molar refractivity (Wildman–Crippen MR) is 98.8 cm³/mol. The van der Waals surface area contributed by atoms with Gasteiger partial charge in [-0.3, -0.25) is 10.1 Å². The monoisotopic (exact) mass is 343 g/mol. The zero-order valence-electron chi connectivity index (χ0n) is 15.6. The molecule has 0 fully saturated rings. The summed E-state index contributed by atoms with van der Waals surface area (Å²) in [5.74, 6) is 1.59. The number of nitro groups is 1. The van der Waals surface area contributed by atoms with E-state index in [4.69, 9.17) is 9.47 Å². The van der Waals surface area contributed by atoms with Crippen molar-refractivity contribution in [3.8, 4) is 11.5 Å². The number of aryl methyl sites for hydroxylation is 2. The van der Waals surface area contributed by atoms with Gasteiger partial charge in [0.25, 0.3) is 5.69 Å². The number of hydrogen-bond donors (Lipinski definition) is 0. The van der Waals surface area contributed by atoms with Gasteiger partial charge in [-0.2, -0.15) is 0 Å². The second-order valence-corrected chi connectivity index (χ2v) is 6.60. The van der Waals surface area contributed by atoms with Gasteiger partial charge in [-0.1, -0.05) is 31.5 Å². The van der Waals surface area contributed by atoms with Gasteiger partial charge in [0.05, 0.1) is 25.2 Å². The maximum atomic E-state index is 11.3. The van der Waals surface area contributed by atoms with Crippen LogP contribution >= 0.6 is 0 Å². The SMILES string of the molecule is COc1ccc(C)cc1C(c1cc(C)c([N+](=O)[O-])cc1OC)C(C)C. The smallest absolute Gasteiger partial charge is 0.276 e. The Labute approximate surface area is 148 Å². The van der Waals surface area contributed by atoms with Gasteiger partial charge in [0.2, 0.25) is 0 Å². The highest BCUT2D eigenvalue weighted by Crippen LogP contribution is 2.43. The van der Waals surface area contributed by atoms with Gasteiger partial charge >= 0.3 is 0 Å². The van der Waals surface area contributed by atoms with Crippen molar-refractivity contribution in [1.82, 2.24) is 0 Å². The van der Waals surface area contributed by atoms with E-state index in [9.17, 15) is 10.1 Å². The number of rotatable bonds is 6. The van der Waals surface area contributed by atoms with Crippen LogP contribution in [0.4, 0.5) is 5.69 Å². The van der Waals surface area contributed by atoms with Crippen molar-refractivity contribution >= 4 is 5.69 Å². The summed E-state index contributed by atoms with van der Waals surface area (Å²) < 4.78 is 11.1. The van der Waals surface area contributed by atoms with Crippen LogP contribution in [0.25, 0.3) is 0 Å². The molecule has 0 heterocycles. The zero-order chi connectivity index (χ0) is 18.7. The first-order valence-electron chi connectivity index (χ1n) is 8.27. The first-order chi connectivity index (χ1) is 11.8. The van der Waals surface area contributed by atoms with Crippen molar-refractivity contribution in [1.29, 1.82) is 0 Å². The number of methoxy groups -OCH3 is 2. The lowest BCUT2D eigenvalue weighted by Crippen LogP contribution is -2.12. The van der Waals surface area contributed by atoms with E-state index in [0.29, 0.717) is 11.3 Å². The molecule has 1 unspecified atom stereocenters. The summed E-state index contributed by atoms with van der Waals surface area (Å²) in [5, 5.41) is 11.3. The summed E-state index contributed by atoms with van der Waals surface area (Å²) >= 11 is 0. The molecule has 0 aliphatic carbocycles. The molecule has 1 atom stereocenters. The topological polar surface area (TPSA) is 61.6 Å². The normalized spacial score (nSPS) is 12.1. The van der Waals surface area contributed by atoms with Crippen LogP contribution in [-0.2, 0) is 0 Å². The Morgan fingerprint density at radius 3 is 2.08 bits per heavy atom. The van der Waals surface area contributed by atoms with Gasteiger partial charge < -0.3 is 9.47 Å². The molecule has 25 heavy (non-hydrogen) atoms. The van der Waals surface area contributed by atoms with Gasteiger partial charge in [-0.25, -0.2) is 0 Å². The summed E-state index contributed by atoms with van der Waals surface area (Å²) in [6.45, 7) is 8.05. The molecule has 0 saturated heterocycles. The van der Waals surface area contributed by atoms with Crippen molar-refractivity contribution in [2.24, 2.45) is 5.92 Å². The van der Waals surface area contributed by atoms with E-state index in [0.717, 1.165) is 22.4 Å². The molecule has 2 aromatic rings. The minimum Gasteiger partial charge on any atom is -0.496 e. The number of nitro benzene ring substituents is 1. The van der Waals surface area contributed by atoms with E-state index in [1.165, 1.54) is 6.07 Å². The number of hydrogen-bond acceptors (Lipinski definition) is 4. The lowest BCUT2D eigenvalue weighted by atomic mass is 9.80. The van der Waals surface area contributed by atoms with Crippen LogP contribution in [-0.4, -0.2) is 19.1 Å². The molecule has 5 heteroatoms. The van der Waals surface area contributed by atoms with Gasteiger partial charge in [0.1, 0.15) is 11.5 Å². The van der Waals surface area contributed by atoms with Gasteiger partial charge in [-0.05, 0) is 31.9 Å². The molecule has 2 aromatic carbocycles. The van der Waals surface area contributed by atoms with Gasteiger partial charge in [0.15, 0.2) is 0 Å². The fraction of sp³-hybridized carbons (Fsp3) is 0.400. The fourth-order valence-corrected chi connectivity index (χ4v) is 3.30. The number of nitrogens with zero attached hydrogens (tertiary/aromatic N) is 1. The molecule has 0 aliphatic heterocycles.